The van der Waals surface area contributed by atoms with Gasteiger partial charge in [-0.3, -0.25) is 0 Å². The summed E-state index contributed by atoms with van der Waals surface area (Å²) in [7, 11) is 0. The van der Waals surface area contributed by atoms with Gasteiger partial charge < -0.3 is 5.32 Å². The number of allylic oxidation sites excluding steroid dienone is 5. The van der Waals surface area contributed by atoms with Gasteiger partial charge in [0.1, 0.15) is 11.7 Å². The van der Waals surface area contributed by atoms with E-state index in [4.69, 9.17) is 9.98 Å². The second-order valence-corrected chi connectivity index (χ2v) is 18.0. The molecule has 2 atom stereocenters. The molecule has 3 aliphatic rings. The first-order valence-corrected chi connectivity index (χ1v) is 22.9. The van der Waals surface area contributed by atoms with E-state index in [9.17, 15) is 0 Å². The Labute approximate surface area is 380 Å². The molecule has 8 aromatic rings. The zero-order chi connectivity index (χ0) is 43.6. The number of thiophene rings is 1. The van der Waals surface area contributed by atoms with Crippen LogP contribution in [-0.4, -0.2) is 11.7 Å². The Morgan fingerprint density at radius 3 is 1.69 bits per heavy atom. The number of fused-ring (bicyclic) bond motifs is 10. The molecule has 1 aromatic heterocycles. The van der Waals surface area contributed by atoms with Gasteiger partial charge in [0.15, 0.2) is 5.66 Å². The maximum absolute atomic E-state index is 5.71. The van der Waals surface area contributed by atoms with Crippen LogP contribution in [0.25, 0.3) is 55.7 Å². The molecule has 2 aliphatic carbocycles. The summed E-state index contributed by atoms with van der Waals surface area (Å²) in [6, 6.07) is 62.1. The fourth-order valence-electron chi connectivity index (χ4n) is 10.2. The van der Waals surface area contributed by atoms with Crippen LogP contribution in [0.5, 0.6) is 0 Å². The summed E-state index contributed by atoms with van der Waals surface area (Å²) in [5.41, 5.74) is 19.6. The van der Waals surface area contributed by atoms with Gasteiger partial charge in [-0.2, -0.15) is 0 Å². The van der Waals surface area contributed by atoms with E-state index in [1.54, 1.807) is 0 Å². The summed E-state index contributed by atoms with van der Waals surface area (Å²) in [5, 5.41) is 6.08. The van der Waals surface area contributed by atoms with Crippen LogP contribution in [0.1, 0.15) is 77.1 Å². The highest BCUT2D eigenvalue weighted by Crippen LogP contribution is 2.64. The number of hydrogen-bond acceptors (Lipinski definition) is 4. The van der Waals surface area contributed by atoms with Crippen molar-refractivity contribution < 1.29 is 0 Å². The molecule has 11 rings (SSSR count). The Morgan fingerprint density at radius 1 is 0.531 bits per heavy atom. The molecule has 64 heavy (non-hydrogen) atoms. The number of nitrogens with zero attached hydrogens (tertiary/aromatic N) is 2. The number of hydrogen-bond donors (Lipinski definition) is 1. The van der Waals surface area contributed by atoms with Gasteiger partial charge >= 0.3 is 0 Å². The molecular formula is C60H47N3S. The highest BCUT2D eigenvalue weighted by Gasteiger charge is 2.53. The average molecular weight is 842 g/mol. The molecule has 2 unspecified atom stereocenters. The first kappa shape index (κ1) is 39.4. The van der Waals surface area contributed by atoms with Crippen molar-refractivity contribution in [3.63, 3.8) is 0 Å². The second kappa shape index (κ2) is 15.4. The Bertz CT molecular complexity index is 3250. The SMILES string of the molecule is C=C/C(=C\C)c1cc(C2=NC(C)(c3ccc4c(c3)C3(c5ccccc5-4)c4ccccc4-c4ccsc43)N=C(c3cc(-c4ccccc4)cc(-c4ccccc4)c3)N2)cc(/C(C)=C/C)c1. The van der Waals surface area contributed by atoms with Gasteiger partial charge in [0.25, 0.3) is 0 Å². The third-order valence-electron chi connectivity index (χ3n) is 13.5. The quantitative estimate of drug-likeness (QED) is 0.152. The molecule has 0 bridgehead atoms. The van der Waals surface area contributed by atoms with E-state index in [0.717, 1.165) is 67.3 Å². The van der Waals surface area contributed by atoms with Crippen molar-refractivity contribution in [2.45, 2.75) is 38.8 Å². The molecule has 7 aromatic carbocycles. The highest BCUT2D eigenvalue weighted by molar-refractivity contribution is 7.11. The summed E-state index contributed by atoms with van der Waals surface area (Å²) < 4.78 is 0. The van der Waals surface area contributed by atoms with Crippen LogP contribution in [0, 0.1) is 0 Å². The number of rotatable bonds is 8. The predicted octanol–water partition coefficient (Wildman–Crippen LogP) is 15.1. The molecule has 2 heterocycles. The molecule has 308 valence electrons. The van der Waals surface area contributed by atoms with Crippen LogP contribution in [0.2, 0.25) is 0 Å². The lowest BCUT2D eigenvalue weighted by Crippen LogP contribution is -2.41. The lowest BCUT2D eigenvalue weighted by Gasteiger charge is -2.33. The predicted molar refractivity (Wildman–Crippen MR) is 271 cm³/mol. The van der Waals surface area contributed by atoms with Crippen LogP contribution < -0.4 is 5.32 Å². The number of benzene rings is 7. The fourth-order valence-corrected chi connectivity index (χ4v) is 11.4. The molecule has 1 aliphatic heterocycles. The lowest BCUT2D eigenvalue weighted by molar-refractivity contribution is 0.517. The van der Waals surface area contributed by atoms with E-state index in [0.29, 0.717) is 0 Å². The Balaban J connectivity index is 1.16. The summed E-state index contributed by atoms with van der Waals surface area (Å²) in [5.74, 6) is 1.52. The third-order valence-corrected chi connectivity index (χ3v) is 14.5. The van der Waals surface area contributed by atoms with Crippen molar-refractivity contribution in [1.82, 2.24) is 5.32 Å². The van der Waals surface area contributed by atoms with Gasteiger partial charge in [-0.05, 0) is 165 Å². The first-order valence-electron chi connectivity index (χ1n) is 22.1. The summed E-state index contributed by atoms with van der Waals surface area (Å²) >= 11 is 1.86. The summed E-state index contributed by atoms with van der Waals surface area (Å²) in [4.78, 5) is 12.8. The minimum Gasteiger partial charge on any atom is -0.324 e. The molecular weight excluding hydrogens is 795 g/mol. The molecule has 0 fully saturated rings. The van der Waals surface area contributed by atoms with Crippen LogP contribution in [0.15, 0.2) is 210 Å². The number of amidine groups is 2. The Morgan fingerprint density at radius 2 is 1.08 bits per heavy atom. The molecule has 4 heteroatoms. The topological polar surface area (TPSA) is 36.8 Å². The van der Waals surface area contributed by atoms with Crippen molar-refractivity contribution in [3.8, 4) is 44.5 Å². The maximum Gasteiger partial charge on any atom is 0.177 e. The molecule has 0 radical (unpaired) electrons. The normalized spacial score (nSPS) is 18.4. The molecule has 0 saturated heterocycles. The van der Waals surface area contributed by atoms with Gasteiger partial charge in [0.2, 0.25) is 0 Å². The van der Waals surface area contributed by atoms with E-state index in [1.807, 2.05) is 17.4 Å². The molecule has 0 amide bonds. The van der Waals surface area contributed by atoms with Crippen LogP contribution in [0.3, 0.4) is 0 Å². The zero-order valence-corrected chi connectivity index (χ0v) is 37.3. The van der Waals surface area contributed by atoms with Gasteiger partial charge in [-0.15, -0.1) is 11.3 Å². The second-order valence-electron chi connectivity index (χ2n) is 17.1. The van der Waals surface area contributed by atoms with E-state index in [1.165, 1.54) is 49.4 Å². The minimum atomic E-state index is -1.01. The van der Waals surface area contributed by atoms with E-state index in [2.05, 4.69) is 227 Å². The largest absolute Gasteiger partial charge is 0.324 e. The van der Waals surface area contributed by atoms with Gasteiger partial charge in [0.05, 0.1) is 5.41 Å². The summed E-state index contributed by atoms with van der Waals surface area (Å²) in [6.07, 6.45) is 6.21. The van der Waals surface area contributed by atoms with Crippen molar-refractivity contribution in [2.24, 2.45) is 9.98 Å². The number of aliphatic imine (C=N–C) groups is 2. The van der Waals surface area contributed by atoms with E-state index < -0.39 is 11.1 Å². The van der Waals surface area contributed by atoms with Gasteiger partial charge in [-0.1, -0.05) is 146 Å². The van der Waals surface area contributed by atoms with E-state index >= 15 is 0 Å². The van der Waals surface area contributed by atoms with Crippen molar-refractivity contribution >= 4 is 34.2 Å². The smallest absolute Gasteiger partial charge is 0.177 e. The molecule has 1 spiro atoms. The van der Waals surface area contributed by atoms with Crippen LogP contribution in [0.4, 0.5) is 0 Å². The van der Waals surface area contributed by atoms with E-state index in [-0.39, 0.29) is 0 Å². The van der Waals surface area contributed by atoms with Crippen molar-refractivity contribution in [2.75, 3.05) is 0 Å². The fraction of sp³-hybridized carbons (Fsp3) is 0.100. The third kappa shape index (κ3) is 6.16. The Kier molecular flexibility index (Phi) is 9.52. The standard InChI is InChI=1S/C60H47N3S/c1-6-38(4)42-31-43(39(7-2)8-3)34-46(32-42)57-61-58(47-35-44(40-19-11-9-12-20-40)33-45(36-47)41-21-13-10-14-22-41)63-59(5,62-57)48-27-28-51-49-23-15-17-25-53(49)60(55(51)37-48)54-26-18-16-24-50(54)52-29-30-64-56(52)60/h6-37H,2H2,1,3-5H3,(H,61,62,63)/b38-6+,39-8+. The Hall–Kier alpha value is -7.40. The number of nitrogens with one attached hydrogen (secondary N) is 1. The van der Waals surface area contributed by atoms with Gasteiger partial charge in [0, 0.05) is 21.6 Å². The van der Waals surface area contributed by atoms with Crippen molar-refractivity contribution in [3.05, 3.63) is 249 Å². The van der Waals surface area contributed by atoms with Gasteiger partial charge in [-0.25, -0.2) is 9.98 Å². The first-order chi connectivity index (χ1) is 31.3. The molecule has 3 nitrogen and oxygen atoms in total. The van der Waals surface area contributed by atoms with Crippen molar-refractivity contribution in [1.29, 1.82) is 0 Å². The monoisotopic (exact) mass is 841 g/mol. The average Bonchev–Trinajstić information content (AvgIpc) is 4.03. The zero-order valence-electron chi connectivity index (χ0n) is 36.5. The summed E-state index contributed by atoms with van der Waals surface area (Å²) in [6.45, 7) is 12.7. The van der Waals surface area contributed by atoms with Crippen LogP contribution in [-0.2, 0) is 11.1 Å². The molecule has 0 saturated carbocycles. The molecule has 1 N–H and O–H groups in total. The highest BCUT2D eigenvalue weighted by atomic mass is 32.1. The maximum atomic E-state index is 5.71. The lowest BCUT2D eigenvalue weighted by atomic mass is 9.73. The minimum absolute atomic E-state index is 0.445. The van der Waals surface area contributed by atoms with Crippen LogP contribution >= 0.6 is 11.3 Å².